The Balaban J connectivity index is 1.68. The van der Waals surface area contributed by atoms with E-state index in [-0.39, 0.29) is 5.91 Å². The number of nitrogens with zero attached hydrogens (tertiary/aromatic N) is 3. The minimum Gasteiger partial charge on any atom is -0.296 e. The molecule has 0 aliphatic carbocycles. The zero-order valence-corrected chi connectivity index (χ0v) is 16.4. The van der Waals surface area contributed by atoms with Crippen LogP contribution < -0.4 is 5.32 Å². The molecular formula is C17H18N4OS3. The Morgan fingerprint density at radius 1 is 1.28 bits per heavy atom. The summed E-state index contributed by atoms with van der Waals surface area (Å²) < 4.78 is 0. The summed E-state index contributed by atoms with van der Waals surface area (Å²) >= 11 is 4.62. The van der Waals surface area contributed by atoms with Gasteiger partial charge in [0.15, 0.2) is 0 Å². The van der Waals surface area contributed by atoms with E-state index in [1.807, 2.05) is 35.2 Å². The van der Waals surface area contributed by atoms with E-state index in [2.05, 4.69) is 34.3 Å². The summed E-state index contributed by atoms with van der Waals surface area (Å²) in [4.78, 5) is 17.8. The van der Waals surface area contributed by atoms with Crippen LogP contribution in [0.4, 0.5) is 5.13 Å². The highest BCUT2D eigenvalue weighted by Crippen LogP contribution is 2.27. The molecule has 8 heteroatoms. The number of rotatable bonds is 7. The van der Waals surface area contributed by atoms with Crippen LogP contribution in [-0.4, -0.2) is 21.1 Å². The first kappa shape index (κ1) is 18.0. The van der Waals surface area contributed by atoms with Crippen LogP contribution in [-0.2, 0) is 12.2 Å². The van der Waals surface area contributed by atoms with E-state index in [1.165, 1.54) is 11.3 Å². The molecule has 0 saturated heterocycles. The highest BCUT2D eigenvalue weighted by Gasteiger charge is 2.14. The molecule has 0 spiro atoms. The highest BCUT2D eigenvalue weighted by atomic mass is 32.2. The monoisotopic (exact) mass is 390 g/mol. The third kappa shape index (κ3) is 5.10. The van der Waals surface area contributed by atoms with Gasteiger partial charge in [-0.2, -0.15) is 0 Å². The number of anilines is 1. The van der Waals surface area contributed by atoms with Gasteiger partial charge in [0.2, 0.25) is 5.13 Å². The number of nitrogens with one attached hydrogen (secondary N) is 1. The number of carbonyl (C=O) groups is 1. The van der Waals surface area contributed by atoms with Gasteiger partial charge in [-0.15, -0.1) is 33.3 Å². The summed E-state index contributed by atoms with van der Waals surface area (Å²) in [5, 5.41) is 14.6. The van der Waals surface area contributed by atoms with Gasteiger partial charge in [-0.25, -0.2) is 4.98 Å². The number of thioether (sulfide) groups is 1. The van der Waals surface area contributed by atoms with E-state index in [1.54, 1.807) is 23.1 Å². The molecule has 0 unspecified atom stereocenters. The molecule has 1 aromatic carbocycles. The Hall–Kier alpha value is -1.77. The van der Waals surface area contributed by atoms with Crippen molar-refractivity contribution in [3.8, 4) is 0 Å². The first-order valence-corrected chi connectivity index (χ1v) is 10.6. The Morgan fingerprint density at radius 2 is 2.12 bits per heavy atom. The van der Waals surface area contributed by atoms with E-state index in [9.17, 15) is 4.79 Å². The lowest BCUT2D eigenvalue weighted by Gasteiger charge is -2.07. The summed E-state index contributed by atoms with van der Waals surface area (Å²) in [5.41, 5.74) is 3.48. The van der Waals surface area contributed by atoms with Crippen LogP contribution in [0.25, 0.3) is 0 Å². The molecule has 0 fully saturated rings. The molecule has 130 valence electrons. The first-order chi connectivity index (χ1) is 12.1. The largest absolute Gasteiger partial charge is 0.296 e. The molecule has 1 amide bonds. The van der Waals surface area contributed by atoms with Crippen LogP contribution >= 0.6 is 34.4 Å². The van der Waals surface area contributed by atoms with Crippen LogP contribution in [0.3, 0.4) is 0 Å². The lowest BCUT2D eigenvalue weighted by Crippen LogP contribution is -2.12. The molecule has 3 aromatic rings. The molecule has 2 heterocycles. The second-order valence-electron chi connectivity index (χ2n) is 5.82. The lowest BCUT2D eigenvalue weighted by molar-refractivity contribution is 0.102. The van der Waals surface area contributed by atoms with Gasteiger partial charge in [-0.1, -0.05) is 37.3 Å². The van der Waals surface area contributed by atoms with Gasteiger partial charge in [0.1, 0.15) is 5.01 Å². The van der Waals surface area contributed by atoms with E-state index in [0.29, 0.717) is 16.6 Å². The van der Waals surface area contributed by atoms with Crippen molar-refractivity contribution in [2.45, 2.75) is 30.9 Å². The van der Waals surface area contributed by atoms with Crippen molar-refractivity contribution in [3.05, 3.63) is 51.4 Å². The maximum atomic E-state index is 12.6. The molecule has 0 atom stereocenters. The quantitative estimate of drug-likeness (QED) is 0.590. The van der Waals surface area contributed by atoms with Crippen LogP contribution in [0, 0.1) is 5.92 Å². The normalized spacial score (nSPS) is 11.0. The Morgan fingerprint density at radius 3 is 2.88 bits per heavy atom. The molecule has 5 nitrogen and oxygen atoms in total. The van der Waals surface area contributed by atoms with Crippen molar-refractivity contribution in [2.24, 2.45) is 5.92 Å². The molecule has 0 aliphatic rings. The molecule has 2 aromatic heterocycles. The number of carbonyl (C=O) groups excluding carboxylic acids is 1. The molecule has 3 rings (SSSR count). The average Bonchev–Trinajstić information content (AvgIpc) is 3.24. The van der Waals surface area contributed by atoms with Gasteiger partial charge in [-0.05, 0) is 18.1 Å². The molecule has 1 N–H and O–H groups in total. The number of thiazole rings is 1. The summed E-state index contributed by atoms with van der Waals surface area (Å²) in [6.45, 7) is 4.27. The zero-order valence-electron chi connectivity index (χ0n) is 13.9. The van der Waals surface area contributed by atoms with E-state index < -0.39 is 0 Å². The molecule has 0 aliphatic heterocycles. The number of hydrogen-bond acceptors (Lipinski definition) is 7. The van der Waals surface area contributed by atoms with Crippen molar-refractivity contribution in [2.75, 3.05) is 5.32 Å². The van der Waals surface area contributed by atoms with Crippen LogP contribution in [0.2, 0.25) is 0 Å². The number of benzene rings is 1. The first-order valence-electron chi connectivity index (χ1n) is 7.84. The maximum Gasteiger partial charge on any atom is 0.258 e. The van der Waals surface area contributed by atoms with Crippen molar-refractivity contribution in [1.29, 1.82) is 0 Å². The molecule has 0 saturated carbocycles. The SMILES string of the molecule is CC(C)Cc1nnc(NC(=O)c2ccccc2SCc2cscn2)s1. The van der Waals surface area contributed by atoms with Gasteiger partial charge in [-0.3, -0.25) is 10.1 Å². The van der Waals surface area contributed by atoms with Gasteiger partial charge in [0.05, 0.1) is 16.8 Å². The van der Waals surface area contributed by atoms with Gasteiger partial charge < -0.3 is 0 Å². The molecule has 0 bridgehead atoms. The standard InChI is InChI=1S/C17H18N4OS3/c1-11(2)7-15-20-21-17(25-15)19-16(22)13-5-3-4-6-14(13)24-9-12-8-23-10-18-12/h3-6,8,10-11H,7,9H2,1-2H3,(H,19,21,22). The third-order valence-electron chi connectivity index (χ3n) is 3.26. The van der Waals surface area contributed by atoms with Crippen molar-refractivity contribution in [3.63, 3.8) is 0 Å². The second kappa shape index (κ2) is 8.55. The Bertz CT molecular complexity index is 830. The fourth-order valence-electron chi connectivity index (χ4n) is 2.14. The summed E-state index contributed by atoms with van der Waals surface area (Å²) in [7, 11) is 0. The minimum absolute atomic E-state index is 0.159. The smallest absolute Gasteiger partial charge is 0.258 e. The van der Waals surface area contributed by atoms with Crippen LogP contribution in [0.15, 0.2) is 40.1 Å². The fraction of sp³-hybridized carbons (Fsp3) is 0.294. The molecule has 0 radical (unpaired) electrons. The second-order valence-corrected chi connectivity index (χ2v) is 8.62. The maximum absolute atomic E-state index is 12.6. The van der Waals surface area contributed by atoms with E-state index in [0.717, 1.165) is 27.8 Å². The third-order valence-corrected chi connectivity index (χ3v) is 5.86. The molecular weight excluding hydrogens is 372 g/mol. The lowest BCUT2D eigenvalue weighted by atomic mass is 10.1. The zero-order chi connectivity index (χ0) is 17.6. The minimum atomic E-state index is -0.159. The fourth-order valence-corrected chi connectivity index (χ4v) is 4.70. The highest BCUT2D eigenvalue weighted by molar-refractivity contribution is 7.98. The number of amides is 1. The Kier molecular flexibility index (Phi) is 6.17. The number of aromatic nitrogens is 3. The van der Waals surface area contributed by atoms with Crippen LogP contribution in [0.1, 0.15) is 34.9 Å². The predicted molar refractivity (Wildman–Crippen MR) is 105 cm³/mol. The van der Waals surface area contributed by atoms with E-state index >= 15 is 0 Å². The topological polar surface area (TPSA) is 67.8 Å². The molecule has 25 heavy (non-hydrogen) atoms. The van der Waals surface area contributed by atoms with Crippen LogP contribution in [0.5, 0.6) is 0 Å². The Labute approximate surface area is 158 Å². The van der Waals surface area contributed by atoms with E-state index in [4.69, 9.17) is 0 Å². The number of hydrogen-bond donors (Lipinski definition) is 1. The van der Waals surface area contributed by atoms with Gasteiger partial charge in [0, 0.05) is 22.4 Å². The van der Waals surface area contributed by atoms with Crippen molar-refractivity contribution < 1.29 is 4.79 Å². The summed E-state index contributed by atoms with van der Waals surface area (Å²) in [6, 6.07) is 7.59. The summed E-state index contributed by atoms with van der Waals surface area (Å²) in [6.07, 6.45) is 0.869. The van der Waals surface area contributed by atoms with Crippen molar-refractivity contribution >= 4 is 45.5 Å². The average molecular weight is 391 g/mol. The predicted octanol–water partition coefficient (Wildman–Crippen LogP) is 4.74. The summed E-state index contributed by atoms with van der Waals surface area (Å²) in [5.74, 6) is 1.10. The van der Waals surface area contributed by atoms with Gasteiger partial charge >= 0.3 is 0 Å². The van der Waals surface area contributed by atoms with Gasteiger partial charge in [0.25, 0.3) is 5.91 Å². The van der Waals surface area contributed by atoms with Crippen molar-refractivity contribution in [1.82, 2.24) is 15.2 Å².